The fourth-order valence-electron chi connectivity index (χ4n) is 4.77. The topological polar surface area (TPSA) is 71.5 Å². The number of nitrogens with one attached hydrogen (secondary N) is 2. The molecule has 0 amide bonds. The minimum atomic E-state index is -0.114. The highest BCUT2D eigenvalue weighted by molar-refractivity contribution is 7.80. The number of anilines is 2. The van der Waals surface area contributed by atoms with Gasteiger partial charge in [-0.3, -0.25) is 0 Å². The average Bonchev–Trinajstić information content (AvgIpc) is 3.32. The highest BCUT2D eigenvalue weighted by Gasteiger charge is 2.35. The first-order valence-electron chi connectivity index (χ1n) is 11.7. The van der Waals surface area contributed by atoms with Gasteiger partial charge in [0.2, 0.25) is 11.8 Å². The smallest absolute Gasteiger partial charge is 0.234 e. The maximum absolute atomic E-state index is 6.30. The van der Waals surface area contributed by atoms with E-state index in [9.17, 15) is 0 Å². The normalized spacial score (nSPS) is 16.5. The van der Waals surface area contributed by atoms with E-state index in [4.69, 9.17) is 38.3 Å². The summed E-state index contributed by atoms with van der Waals surface area (Å²) in [5.74, 6) is 1.67. The second-order valence-corrected chi connectivity index (χ2v) is 9.77. The van der Waals surface area contributed by atoms with Gasteiger partial charge >= 0.3 is 0 Å². The quantitative estimate of drug-likeness (QED) is 0.464. The molecule has 182 valence electrons. The third-order valence-electron chi connectivity index (χ3n) is 6.76. The zero-order chi connectivity index (χ0) is 24.3. The number of halogens is 1. The molecule has 2 aliphatic rings. The van der Waals surface area contributed by atoms with Crippen molar-refractivity contribution in [2.45, 2.75) is 31.3 Å². The van der Waals surface area contributed by atoms with Crippen molar-refractivity contribution in [3.05, 3.63) is 76.3 Å². The van der Waals surface area contributed by atoms with Crippen LogP contribution in [0, 0.1) is 0 Å². The molecule has 0 radical (unpaired) electrons. The molecule has 1 aromatic heterocycles. The zero-order valence-electron chi connectivity index (χ0n) is 19.6. The van der Waals surface area contributed by atoms with E-state index in [0.717, 1.165) is 36.8 Å². The van der Waals surface area contributed by atoms with Crippen LogP contribution in [0.4, 0.5) is 11.8 Å². The average molecular weight is 510 g/mol. The first-order chi connectivity index (χ1) is 17.0. The molecule has 0 spiro atoms. The van der Waals surface area contributed by atoms with Crippen LogP contribution >= 0.6 is 23.8 Å². The van der Waals surface area contributed by atoms with Crippen molar-refractivity contribution in [2.24, 2.45) is 0 Å². The predicted octanol–water partition coefficient (Wildman–Crippen LogP) is 4.69. The van der Waals surface area contributed by atoms with E-state index in [1.165, 1.54) is 16.7 Å². The molecule has 7 nitrogen and oxygen atoms in total. The van der Waals surface area contributed by atoms with Gasteiger partial charge in [0.15, 0.2) is 5.11 Å². The van der Waals surface area contributed by atoms with Crippen LogP contribution in [0.3, 0.4) is 0 Å². The van der Waals surface area contributed by atoms with Crippen molar-refractivity contribution >= 4 is 40.7 Å². The lowest BCUT2D eigenvalue weighted by Gasteiger charge is -2.38. The van der Waals surface area contributed by atoms with Crippen molar-refractivity contribution in [3.63, 3.8) is 0 Å². The monoisotopic (exact) mass is 509 g/mol. The summed E-state index contributed by atoms with van der Waals surface area (Å²) in [6, 6.07) is 18.3. The summed E-state index contributed by atoms with van der Waals surface area (Å²) in [5, 5.41) is 7.73. The Bertz CT molecular complexity index is 1190. The van der Waals surface area contributed by atoms with Crippen molar-refractivity contribution in [1.29, 1.82) is 0 Å². The number of aromatic nitrogens is 2. The molecular formula is C26H28ClN5O2S. The minimum absolute atomic E-state index is 0.114. The Hall–Kier alpha value is -2.94. The number of nitrogens with zero attached hydrogens (tertiary/aromatic N) is 3. The van der Waals surface area contributed by atoms with Gasteiger partial charge in [0.05, 0.1) is 7.11 Å². The summed E-state index contributed by atoms with van der Waals surface area (Å²) in [7, 11) is 1.60. The Morgan fingerprint density at radius 3 is 2.51 bits per heavy atom. The molecule has 1 fully saturated rings. The van der Waals surface area contributed by atoms with Crippen molar-refractivity contribution < 1.29 is 9.47 Å². The lowest BCUT2D eigenvalue weighted by atomic mass is 9.74. The van der Waals surface area contributed by atoms with Crippen molar-refractivity contribution in [2.75, 3.05) is 37.1 Å². The number of benzene rings is 2. The standard InChI is InChI=1S/C26H28ClN5O2S/c1-33-23-14-22(32-15-18-5-2-3-6-19(18)16-32)29-24(30-23)31-25(35)28-17-26(9-11-34-12-10-26)20-7-4-8-21(27)13-20/h2-8,13-14H,9-12,15-17H2,1H3,(H2,28,29,30,31,35). The van der Waals surface area contributed by atoms with Crippen LogP contribution in [-0.2, 0) is 23.2 Å². The number of thiocarbonyl (C=S) groups is 1. The van der Waals surface area contributed by atoms with E-state index in [1.54, 1.807) is 7.11 Å². The molecule has 35 heavy (non-hydrogen) atoms. The van der Waals surface area contributed by atoms with Crippen molar-refractivity contribution in [3.8, 4) is 5.88 Å². The summed E-state index contributed by atoms with van der Waals surface area (Å²) >= 11 is 11.9. The Balaban J connectivity index is 1.29. The maximum atomic E-state index is 6.30. The van der Waals surface area contributed by atoms with Crippen LogP contribution in [0.25, 0.3) is 0 Å². The molecular weight excluding hydrogens is 482 g/mol. The predicted molar refractivity (Wildman–Crippen MR) is 142 cm³/mol. The molecule has 2 N–H and O–H groups in total. The Morgan fingerprint density at radius 2 is 1.83 bits per heavy atom. The lowest BCUT2D eigenvalue weighted by molar-refractivity contribution is 0.0515. The molecule has 5 rings (SSSR count). The fourth-order valence-corrected chi connectivity index (χ4v) is 5.13. The van der Waals surface area contributed by atoms with Crippen LogP contribution in [0.5, 0.6) is 5.88 Å². The van der Waals surface area contributed by atoms with Gasteiger partial charge in [-0.25, -0.2) is 0 Å². The highest BCUT2D eigenvalue weighted by Crippen LogP contribution is 2.35. The van der Waals surface area contributed by atoms with E-state index in [2.05, 4.69) is 50.8 Å². The van der Waals surface area contributed by atoms with Crippen LogP contribution in [0.1, 0.15) is 29.5 Å². The summed E-state index contributed by atoms with van der Waals surface area (Å²) in [5.41, 5.74) is 3.69. The van der Waals surface area contributed by atoms with Crippen molar-refractivity contribution in [1.82, 2.24) is 15.3 Å². The molecule has 2 aliphatic heterocycles. The van der Waals surface area contributed by atoms with Gasteiger partial charge < -0.3 is 25.0 Å². The van der Waals surface area contributed by atoms with Gasteiger partial charge in [0, 0.05) is 49.4 Å². The van der Waals surface area contributed by atoms with Gasteiger partial charge in [-0.1, -0.05) is 48.0 Å². The van der Waals surface area contributed by atoms with E-state index in [-0.39, 0.29) is 5.41 Å². The van der Waals surface area contributed by atoms with E-state index >= 15 is 0 Å². The second kappa shape index (κ2) is 10.4. The van der Waals surface area contributed by atoms with Gasteiger partial charge in [-0.15, -0.1) is 0 Å². The molecule has 2 aromatic carbocycles. The van der Waals surface area contributed by atoms with Crippen LogP contribution < -0.4 is 20.3 Å². The molecule has 0 aliphatic carbocycles. The fraction of sp³-hybridized carbons (Fsp3) is 0.346. The van der Waals surface area contributed by atoms with E-state index < -0.39 is 0 Å². The molecule has 0 bridgehead atoms. The largest absolute Gasteiger partial charge is 0.481 e. The number of hydrogen-bond donors (Lipinski definition) is 2. The number of hydrogen-bond acceptors (Lipinski definition) is 6. The molecule has 0 atom stereocenters. The summed E-state index contributed by atoms with van der Waals surface area (Å²) < 4.78 is 11.1. The Kier molecular flexibility index (Phi) is 7.04. The highest BCUT2D eigenvalue weighted by atomic mass is 35.5. The summed E-state index contributed by atoms with van der Waals surface area (Å²) in [4.78, 5) is 11.4. The van der Waals surface area contributed by atoms with Crippen LogP contribution in [0.2, 0.25) is 5.02 Å². The van der Waals surface area contributed by atoms with Gasteiger partial charge in [-0.05, 0) is 53.9 Å². The number of ether oxygens (including phenoxy) is 2. The second-order valence-electron chi connectivity index (χ2n) is 8.93. The minimum Gasteiger partial charge on any atom is -0.481 e. The third kappa shape index (κ3) is 5.34. The van der Waals surface area contributed by atoms with E-state index in [0.29, 0.717) is 36.7 Å². The number of rotatable bonds is 6. The molecule has 9 heteroatoms. The first kappa shape index (κ1) is 23.8. The van der Waals surface area contributed by atoms with Gasteiger partial charge in [0.1, 0.15) is 5.82 Å². The number of methoxy groups -OCH3 is 1. The van der Waals surface area contributed by atoms with Crippen LogP contribution in [0.15, 0.2) is 54.6 Å². The van der Waals surface area contributed by atoms with Gasteiger partial charge in [-0.2, -0.15) is 9.97 Å². The first-order valence-corrected chi connectivity index (χ1v) is 12.5. The maximum Gasteiger partial charge on any atom is 0.234 e. The number of fused-ring (bicyclic) bond motifs is 1. The van der Waals surface area contributed by atoms with Crippen LogP contribution in [-0.4, -0.2) is 41.9 Å². The Morgan fingerprint density at radius 1 is 1.09 bits per heavy atom. The summed E-state index contributed by atoms with van der Waals surface area (Å²) in [6.45, 7) is 3.65. The SMILES string of the molecule is COc1cc(N2Cc3ccccc3C2)nc(NC(=S)NCC2(c3cccc(Cl)c3)CCOCC2)n1. The zero-order valence-corrected chi connectivity index (χ0v) is 21.2. The molecule has 0 saturated carbocycles. The molecule has 0 unspecified atom stereocenters. The molecule has 3 aromatic rings. The van der Waals surface area contributed by atoms with Gasteiger partial charge in [0.25, 0.3) is 0 Å². The van der Waals surface area contributed by atoms with E-state index in [1.807, 2.05) is 24.3 Å². The molecule has 1 saturated heterocycles. The molecule has 3 heterocycles. The third-order valence-corrected chi connectivity index (χ3v) is 7.24. The lowest BCUT2D eigenvalue weighted by Crippen LogP contribution is -2.45. The Labute approximate surface area is 215 Å². The summed E-state index contributed by atoms with van der Waals surface area (Å²) in [6.07, 6.45) is 1.77.